The molecule has 59 heavy (non-hydrogen) atoms. The Bertz CT molecular complexity index is 1900. The van der Waals surface area contributed by atoms with Crippen molar-refractivity contribution in [3.63, 3.8) is 0 Å². The van der Waals surface area contributed by atoms with Gasteiger partial charge in [0.1, 0.15) is 40.7 Å². The number of carbonyl (C=O) groups is 6. The molecule has 3 unspecified atom stereocenters. The number of carbonyl (C=O) groups excluding carboxylic acids is 6. The predicted molar refractivity (Wildman–Crippen MR) is 215 cm³/mol. The van der Waals surface area contributed by atoms with Crippen LogP contribution in [0.5, 0.6) is 5.75 Å². The van der Waals surface area contributed by atoms with E-state index in [4.69, 9.17) is 35.3 Å². The van der Waals surface area contributed by atoms with E-state index in [1.807, 2.05) is 13.0 Å². The molecule has 322 valence electrons. The van der Waals surface area contributed by atoms with Gasteiger partial charge in [-0.3, -0.25) is 29.4 Å². The molecule has 5 rings (SSSR count). The van der Waals surface area contributed by atoms with E-state index in [-0.39, 0.29) is 48.6 Å². The number of benzene rings is 1. The zero-order valence-corrected chi connectivity index (χ0v) is 35.6. The van der Waals surface area contributed by atoms with Crippen LogP contribution in [0, 0.1) is 5.92 Å². The lowest BCUT2D eigenvalue weighted by molar-refractivity contribution is -0.162. The van der Waals surface area contributed by atoms with Crippen LogP contribution in [0.2, 0.25) is 5.02 Å². The number of halogens is 1. The first kappa shape index (κ1) is 45.3. The fraction of sp³-hybridized carbons (Fsp3) is 0.571. The molecular formula is C42H55ClN4O12. The number of nitrogens with one attached hydrogen (secondary N) is 1. The second kappa shape index (κ2) is 18.7. The molecule has 0 aromatic heterocycles. The molecule has 8 atom stereocenters. The third kappa shape index (κ3) is 10.2. The van der Waals surface area contributed by atoms with Crippen molar-refractivity contribution in [2.75, 3.05) is 39.8 Å². The smallest absolute Gasteiger partial charge is 0.409 e. The van der Waals surface area contributed by atoms with Crippen molar-refractivity contribution >= 4 is 53.0 Å². The molecule has 1 aromatic carbocycles. The van der Waals surface area contributed by atoms with E-state index in [1.54, 1.807) is 45.2 Å². The van der Waals surface area contributed by atoms with E-state index in [1.165, 1.54) is 50.1 Å². The number of alkyl carbamates (subject to hydrolysis) is 1. The van der Waals surface area contributed by atoms with E-state index >= 15 is 0 Å². The Labute approximate surface area is 349 Å². The van der Waals surface area contributed by atoms with Crippen molar-refractivity contribution in [1.29, 1.82) is 0 Å². The number of ether oxygens (including phenoxy) is 5. The number of hydrogen-bond acceptors (Lipinski definition) is 12. The Morgan fingerprint density at radius 3 is 2.47 bits per heavy atom. The number of hydrogen-bond donors (Lipinski definition) is 2. The number of esters is 1. The molecule has 4 aliphatic heterocycles. The third-order valence-corrected chi connectivity index (χ3v) is 12.1. The minimum absolute atomic E-state index is 0.0761. The lowest BCUT2D eigenvalue weighted by atomic mass is 9.83. The second-order valence-electron chi connectivity index (χ2n) is 15.9. The Balaban J connectivity index is 1.39. The zero-order valence-electron chi connectivity index (χ0n) is 34.8. The standard InChI is InChI=1S/C42H55ClN4O12/c1-24-13-12-14-31(56-8)42(54)23-30(57-40(53)44-42)25(2)38-41(4,59-38)32(22-36(51)46(6)28-20-27(19-24)21-29(55-7)37(28)43)58-39(52)26(3)45(5)33(48)15-10-9-11-18-47-34(49)16-17-35(47)50/h12-14,16-17,20-21,25-26,30-32,38,54H,9-11,15,18-19,22-23H2,1-8H3,(H,44,53)/b14-12+,24-13+/t25-,26+,30?,31-,32+,38?,41?,42+/m1/s1. The molecule has 0 spiro atoms. The number of epoxide rings is 1. The number of imide groups is 1. The van der Waals surface area contributed by atoms with Crippen LogP contribution in [0.1, 0.15) is 71.8 Å². The van der Waals surface area contributed by atoms with Crippen molar-refractivity contribution in [3.05, 3.63) is 58.7 Å². The van der Waals surface area contributed by atoms with E-state index in [9.17, 15) is 33.9 Å². The fourth-order valence-corrected chi connectivity index (χ4v) is 8.08. The highest BCUT2D eigenvalue weighted by atomic mass is 35.5. The predicted octanol–water partition coefficient (Wildman–Crippen LogP) is 4.00. The Morgan fingerprint density at radius 1 is 1.12 bits per heavy atom. The molecule has 4 bridgehead atoms. The molecule has 2 fully saturated rings. The number of amides is 5. The molecule has 17 heteroatoms. The van der Waals surface area contributed by atoms with Gasteiger partial charge in [0.25, 0.3) is 11.8 Å². The number of allylic oxidation sites excluding steroid dienone is 3. The number of fused-ring (bicyclic) bond motifs is 5. The summed E-state index contributed by atoms with van der Waals surface area (Å²) in [5, 5.41) is 14.5. The molecule has 4 heterocycles. The topological polar surface area (TPSA) is 194 Å². The van der Waals surface area contributed by atoms with Crippen LogP contribution in [0.4, 0.5) is 10.5 Å². The molecule has 1 aromatic rings. The average Bonchev–Trinajstić information content (AvgIpc) is 3.79. The highest BCUT2D eigenvalue weighted by molar-refractivity contribution is 6.35. The van der Waals surface area contributed by atoms with Gasteiger partial charge in [0.05, 0.1) is 25.3 Å². The number of likely N-dealkylation sites (N-methyl/N-ethyl adjacent to an activating group) is 1. The van der Waals surface area contributed by atoms with E-state index in [0.29, 0.717) is 37.1 Å². The highest BCUT2D eigenvalue weighted by Crippen LogP contribution is 2.49. The summed E-state index contributed by atoms with van der Waals surface area (Å²) in [5.41, 5.74) is -1.05. The number of unbranched alkanes of at least 4 members (excludes halogenated alkanes) is 2. The maximum Gasteiger partial charge on any atom is 0.409 e. The molecule has 0 radical (unpaired) electrons. The number of nitrogens with zero attached hydrogens (tertiary/aromatic N) is 3. The van der Waals surface area contributed by atoms with Gasteiger partial charge in [-0.05, 0) is 57.7 Å². The van der Waals surface area contributed by atoms with Crippen molar-refractivity contribution in [2.24, 2.45) is 5.92 Å². The largest absolute Gasteiger partial charge is 0.495 e. The summed E-state index contributed by atoms with van der Waals surface area (Å²) in [6.45, 7) is 7.16. The third-order valence-electron chi connectivity index (χ3n) is 11.7. The SMILES string of the molecule is COc1cc2cc(c1Cl)N(C)C(=O)C[C@H](OC(=O)[C@H](C)N(C)C(=O)CCCCCN1C(=O)C=CC1=O)C1(C)OC1[C@H](C)C1C[C@@](O)(NC(=O)O1)[C@H](OC)/C=C/C=C(\C)C2. The molecule has 0 saturated carbocycles. The molecule has 5 amide bonds. The summed E-state index contributed by atoms with van der Waals surface area (Å²) in [5.74, 6) is -2.49. The first-order valence-electron chi connectivity index (χ1n) is 19.7. The van der Waals surface area contributed by atoms with Crippen molar-refractivity contribution in [3.8, 4) is 5.75 Å². The monoisotopic (exact) mass is 842 g/mol. The summed E-state index contributed by atoms with van der Waals surface area (Å²) in [6, 6.07) is 2.50. The minimum atomic E-state index is -1.85. The van der Waals surface area contributed by atoms with Gasteiger partial charge in [-0.15, -0.1) is 0 Å². The Kier molecular flexibility index (Phi) is 14.3. The maximum absolute atomic E-state index is 14.2. The first-order chi connectivity index (χ1) is 27.8. The number of anilines is 1. The maximum atomic E-state index is 14.2. The summed E-state index contributed by atoms with van der Waals surface area (Å²) < 4.78 is 29.3. The Morgan fingerprint density at radius 2 is 1.81 bits per heavy atom. The van der Waals surface area contributed by atoms with E-state index in [2.05, 4.69) is 5.32 Å². The van der Waals surface area contributed by atoms with Crippen molar-refractivity contribution < 1.29 is 57.6 Å². The first-order valence-corrected chi connectivity index (χ1v) is 20.1. The average molecular weight is 843 g/mol. The van der Waals surface area contributed by atoms with Crippen molar-refractivity contribution in [1.82, 2.24) is 15.1 Å². The number of methoxy groups -OCH3 is 2. The lowest BCUT2D eigenvalue weighted by Gasteiger charge is -2.42. The van der Waals surface area contributed by atoms with Gasteiger partial charge in [-0.25, -0.2) is 9.59 Å². The van der Waals surface area contributed by atoms with Crippen LogP contribution >= 0.6 is 11.6 Å². The second-order valence-corrected chi connectivity index (χ2v) is 16.3. The molecule has 0 aliphatic carbocycles. The van der Waals surface area contributed by atoms with Crippen LogP contribution in [-0.4, -0.2) is 127 Å². The molecule has 16 nitrogen and oxygen atoms in total. The quantitative estimate of drug-likeness (QED) is 0.141. The van der Waals surface area contributed by atoms with Gasteiger partial charge in [0, 0.05) is 58.7 Å². The minimum Gasteiger partial charge on any atom is -0.495 e. The van der Waals surface area contributed by atoms with Crippen LogP contribution in [-0.2, 0) is 49.3 Å². The van der Waals surface area contributed by atoms with Gasteiger partial charge in [0.2, 0.25) is 11.8 Å². The van der Waals surface area contributed by atoms with Gasteiger partial charge < -0.3 is 38.6 Å². The van der Waals surface area contributed by atoms with Crippen LogP contribution in [0.15, 0.2) is 48.1 Å². The summed E-state index contributed by atoms with van der Waals surface area (Å²) in [6.07, 6.45) is 4.78. The zero-order chi connectivity index (χ0) is 43.4. The molecule has 2 N–H and O–H groups in total. The molecular weight excluding hydrogens is 788 g/mol. The van der Waals surface area contributed by atoms with Gasteiger partial charge in [-0.2, -0.15) is 0 Å². The van der Waals surface area contributed by atoms with Crippen LogP contribution in [0.3, 0.4) is 0 Å². The van der Waals surface area contributed by atoms with Gasteiger partial charge in [0.15, 0.2) is 5.72 Å². The summed E-state index contributed by atoms with van der Waals surface area (Å²) >= 11 is 6.77. The van der Waals surface area contributed by atoms with E-state index < -0.39 is 65.7 Å². The summed E-state index contributed by atoms with van der Waals surface area (Å²) in [4.78, 5) is 81.6. The van der Waals surface area contributed by atoms with Gasteiger partial charge >= 0.3 is 12.1 Å². The Hall–Kier alpha value is -4.77. The number of aliphatic hydroxyl groups is 1. The van der Waals surface area contributed by atoms with Crippen LogP contribution < -0.4 is 15.0 Å². The van der Waals surface area contributed by atoms with Crippen LogP contribution in [0.25, 0.3) is 0 Å². The molecule has 2 saturated heterocycles. The van der Waals surface area contributed by atoms with E-state index in [0.717, 1.165) is 16.0 Å². The highest BCUT2D eigenvalue weighted by Gasteiger charge is 2.64. The fourth-order valence-electron chi connectivity index (χ4n) is 7.77. The number of rotatable bonds is 11. The van der Waals surface area contributed by atoms with Gasteiger partial charge in [-0.1, -0.05) is 48.7 Å². The molecule has 4 aliphatic rings. The van der Waals surface area contributed by atoms with Crippen molar-refractivity contribution in [2.45, 2.75) is 114 Å². The normalized spacial score (nSPS) is 30.4. The summed E-state index contributed by atoms with van der Waals surface area (Å²) in [7, 11) is 5.94. The lowest BCUT2D eigenvalue weighted by Crippen LogP contribution is -2.63.